The molecule has 12 atom stereocenters. The maximum Gasteiger partial charge on any atom is 0.220 e. The second kappa shape index (κ2) is 61.6. The van der Waals surface area contributed by atoms with Gasteiger partial charge in [-0.05, 0) is 12.8 Å². The molecule has 2 fully saturated rings. The predicted octanol–water partition coefficient (Wildman–Crippen LogP) is 17.1. The summed E-state index contributed by atoms with van der Waals surface area (Å²) < 4.78 is 23.0. The molecule has 0 saturated carbocycles. The molecule has 0 bridgehead atoms. The lowest BCUT2D eigenvalue weighted by atomic mass is 9.97. The van der Waals surface area contributed by atoms with Gasteiger partial charge in [0.15, 0.2) is 12.6 Å². The van der Waals surface area contributed by atoms with Crippen LogP contribution in [0, 0.1) is 0 Å². The maximum atomic E-state index is 13.4. The lowest BCUT2D eigenvalue weighted by molar-refractivity contribution is -0.359. The number of aliphatic hydroxyl groups excluding tert-OH is 8. The molecule has 1 amide bonds. The Bertz CT molecular complexity index is 1510. The fourth-order valence-corrected chi connectivity index (χ4v) is 13.6. The number of carbonyl (C=O) groups is 1. The van der Waals surface area contributed by atoms with E-state index in [1.165, 1.54) is 308 Å². The van der Waals surface area contributed by atoms with Gasteiger partial charge in [0.2, 0.25) is 5.91 Å². The Balaban J connectivity index is 1.61. The second-order valence-corrected chi connectivity index (χ2v) is 28.2. The number of aliphatic hydroxyl groups is 8. The number of carbonyl (C=O) groups excluding carboxylic acids is 1. The summed E-state index contributed by atoms with van der Waals surface area (Å²) in [6, 6.07) is -0.825. The van der Waals surface area contributed by atoms with Gasteiger partial charge in [0, 0.05) is 6.42 Å². The van der Waals surface area contributed by atoms with Crippen molar-refractivity contribution in [3.8, 4) is 0 Å². The first kappa shape index (κ1) is 85.1. The van der Waals surface area contributed by atoms with Crippen molar-refractivity contribution in [1.29, 1.82) is 0 Å². The average Bonchev–Trinajstić information content (AvgIpc) is 1.29. The first-order valence-corrected chi connectivity index (χ1v) is 39.3. The van der Waals surface area contributed by atoms with Crippen LogP contribution in [0.1, 0.15) is 386 Å². The summed E-state index contributed by atoms with van der Waals surface area (Å²) in [6.07, 6.45) is 58.6. The smallest absolute Gasteiger partial charge is 0.220 e. The van der Waals surface area contributed by atoms with Crippen LogP contribution in [0.3, 0.4) is 0 Å². The molecule has 2 aliphatic rings. The van der Waals surface area contributed by atoms with Crippen LogP contribution < -0.4 is 5.32 Å². The zero-order valence-corrected chi connectivity index (χ0v) is 58.7. The van der Waals surface area contributed by atoms with E-state index in [2.05, 4.69) is 19.2 Å². The molecule has 0 aromatic carbocycles. The normalized spacial score (nSPS) is 22.8. The van der Waals surface area contributed by atoms with E-state index in [9.17, 15) is 45.6 Å². The minimum atomic E-state index is -1.78. The van der Waals surface area contributed by atoms with Crippen LogP contribution in [0.2, 0.25) is 0 Å². The molecule has 12 unspecified atom stereocenters. The molecule has 9 N–H and O–H groups in total. The Hall–Kier alpha value is -1.01. The van der Waals surface area contributed by atoms with Gasteiger partial charge in [-0.15, -0.1) is 0 Å². The van der Waals surface area contributed by atoms with Crippen LogP contribution in [-0.4, -0.2) is 140 Å². The van der Waals surface area contributed by atoms with Gasteiger partial charge in [0.1, 0.15) is 48.8 Å². The largest absolute Gasteiger partial charge is 0.394 e. The predicted molar refractivity (Wildman–Crippen MR) is 369 cm³/mol. The first-order chi connectivity index (χ1) is 44.1. The topological polar surface area (TPSA) is 228 Å². The Morgan fingerprint density at radius 3 is 0.944 bits per heavy atom. The molecular weight excluding hydrogens is 1130 g/mol. The van der Waals surface area contributed by atoms with Crippen molar-refractivity contribution in [3.05, 3.63) is 0 Å². The zero-order chi connectivity index (χ0) is 65.2. The van der Waals surface area contributed by atoms with E-state index in [-0.39, 0.29) is 12.5 Å². The van der Waals surface area contributed by atoms with Crippen LogP contribution >= 0.6 is 0 Å². The summed E-state index contributed by atoms with van der Waals surface area (Å²) in [5.74, 6) is -0.195. The molecule has 0 aromatic heterocycles. The fourth-order valence-electron chi connectivity index (χ4n) is 13.6. The van der Waals surface area contributed by atoms with Crippen molar-refractivity contribution in [2.75, 3.05) is 19.8 Å². The van der Waals surface area contributed by atoms with E-state index in [4.69, 9.17) is 18.9 Å². The minimum Gasteiger partial charge on any atom is -0.394 e. The monoisotopic (exact) mass is 1280 g/mol. The molecule has 0 spiro atoms. The average molecular weight is 1290 g/mol. The third kappa shape index (κ3) is 44.7. The third-order valence-electron chi connectivity index (χ3n) is 19.8. The summed E-state index contributed by atoms with van der Waals surface area (Å²) in [7, 11) is 0. The number of nitrogens with one attached hydrogen (secondary N) is 1. The molecule has 536 valence electrons. The van der Waals surface area contributed by atoms with Crippen LogP contribution in [0.15, 0.2) is 0 Å². The maximum absolute atomic E-state index is 13.4. The van der Waals surface area contributed by atoms with Gasteiger partial charge in [0.05, 0.1) is 32.0 Å². The Kier molecular flexibility index (Phi) is 58.2. The van der Waals surface area contributed by atoms with Gasteiger partial charge >= 0.3 is 0 Å². The number of hydrogen-bond acceptors (Lipinski definition) is 13. The number of amides is 1. The van der Waals surface area contributed by atoms with E-state index in [1.807, 2.05) is 0 Å². The number of rotatable bonds is 67. The van der Waals surface area contributed by atoms with E-state index in [1.54, 1.807) is 0 Å². The van der Waals surface area contributed by atoms with E-state index >= 15 is 0 Å². The molecular formula is C76H149NO13. The highest BCUT2D eigenvalue weighted by atomic mass is 16.7. The molecule has 2 aliphatic heterocycles. The summed E-state index contributed by atoms with van der Waals surface area (Å²) >= 11 is 0. The Labute approximate surface area is 553 Å². The highest BCUT2D eigenvalue weighted by Crippen LogP contribution is 2.30. The summed E-state index contributed by atoms with van der Waals surface area (Å²) in [5, 5.41) is 87.8. The summed E-state index contributed by atoms with van der Waals surface area (Å²) in [5.41, 5.74) is 0. The van der Waals surface area contributed by atoms with Crippen molar-refractivity contribution in [1.82, 2.24) is 5.32 Å². The molecule has 90 heavy (non-hydrogen) atoms. The van der Waals surface area contributed by atoms with Gasteiger partial charge in [-0.1, -0.05) is 367 Å². The number of ether oxygens (including phenoxy) is 4. The number of unbranched alkanes of at least 4 members (excludes halogenated alkanes) is 54. The lowest BCUT2D eigenvalue weighted by Crippen LogP contribution is -2.65. The second-order valence-electron chi connectivity index (χ2n) is 28.2. The van der Waals surface area contributed by atoms with Crippen LogP contribution in [0.4, 0.5) is 0 Å². The van der Waals surface area contributed by atoms with Gasteiger partial charge in [-0.25, -0.2) is 0 Å². The van der Waals surface area contributed by atoms with Crippen molar-refractivity contribution in [2.24, 2.45) is 0 Å². The molecule has 14 nitrogen and oxygen atoms in total. The van der Waals surface area contributed by atoms with Crippen LogP contribution in [0.25, 0.3) is 0 Å². The quantitative estimate of drug-likeness (QED) is 0.0259. The van der Waals surface area contributed by atoms with Gasteiger partial charge in [0.25, 0.3) is 0 Å². The third-order valence-corrected chi connectivity index (χ3v) is 19.8. The molecule has 0 aliphatic carbocycles. The van der Waals surface area contributed by atoms with Gasteiger partial charge < -0.3 is 65.1 Å². The number of hydrogen-bond donors (Lipinski definition) is 9. The molecule has 2 rings (SSSR count). The highest BCUT2D eigenvalue weighted by molar-refractivity contribution is 5.76. The van der Waals surface area contributed by atoms with E-state index < -0.39 is 86.8 Å². The summed E-state index contributed by atoms with van der Waals surface area (Å²) in [6.45, 7) is 2.95. The molecule has 0 aromatic rings. The molecule has 2 saturated heterocycles. The Morgan fingerprint density at radius 2 is 0.633 bits per heavy atom. The van der Waals surface area contributed by atoms with Gasteiger partial charge in [-0.3, -0.25) is 4.79 Å². The van der Waals surface area contributed by atoms with Crippen LogP contribution in [-0.2, 0) is 23.7 Å². The van der Waals surface area contributed by atoms with E-state index in [0.717, 1.165) is 51.4 Å². The van der Waals surface area contributed by atoms with Crippen molar-refractivity contribution >= 4 is 5.91 Å². The standard InChI is InChI=1S/C76H149NO13/c1-3-5-7-9-11-13-15-17-19-21-23-25-27-29-30-31-32-33-34-36-37-39-41-43-45-47-49-51-53-55-57-59-65(80)64(63-87-75-73(86)71(84)74(67(62-79)89-75)90-76-72(85)70(83)69(82)66(61-78)88-76)77-68(81)60-58-56-54-52-50-48-46-44-42-40-38-35-28-26-24-22-20-18-16-14-12-10-8-6-4-2/h64-67,69-76,78-80,82-86H,3-63H2,1-2H3,(H,77,81). The fraction of sp³-hybridized carbons (Fsp3) is 0.987. The van der Waals surface area contributed by atoms with Crippen molar-refractivity contribution in [3.63, 3.8) is 0 Å². The van der Waals surface area contributed by atoms with Crippen LogP contribution in [0.5, 0.6) is 0 Å². The van der Waals surface area contributed by atoms with E-state index in [0.29, 0.717) is 12.8 Å². The van der Waals surface area contributed by atoms with Gasteiger partial charge in [-0.2, -0.15) is 0 Å². The first-order valence-electron chi connectivity index (χ1n) is 39.3. The van der Waals surface area contributed by atoms with Crippen molar-refractivity contribution < 1.29 is 64.6 Å². The SMILES string of the molecule is CCCCCCCCCCCCCCCCCCCCCCCCCCCCCCCCCC(O)C(COC1OC(CO)C(OC2OC(CO)C(O)C(O)C2O)C(O)C1O)NC(=O)CCCCCCCCCCCCCCCCCCCCCCCCCCC. The highest BCUT2D eigenvalue weighted by Gasteiger charge is 2.51. The summed E-state index contributed by atoms with van der Waals surface area (Å²) in [4.78, 5) is 13.4. The Morgan fingerprint density at radius 1 is 0.356 bits per heavy atom. The zero-order valence-electron chi connectivity index (χ0n) is 58.7. The lowest BCUT2D eigenvalue weighted by Gasteiger charge is -2.46. The molecule has 14 heteroatoms. The van der Waals surface area contributed by atoms with Crippen molar-refractivity contribution in [2.45, 2.75) is 460 Å². The molecule has 0 radical (unpaired) electrons. The minimum absolute atomic E-state index is 0.195. The molecule has 2 heterocycles.